The normalized spacial score (nSPS) is 22.2. The first-order valence-electron chi connectivity index (χ1n) is 5.82. The number of furan rings is 1. The molecule has 1 N–H and O–H groups in total. The molecule has 0 spiro atoms. The van der Waals surface area contributed by atoms with E-state index in [4.69, 9.17) is 4.42 Å². The van der Waals surface area contributed by atoms with Gasteiger partial charge in [0.1, 0.15) is 18.1 Å². The molecule has 1 aromatic heterocycles. The van der Waals surface area contributed by atoms with Crippen LogP contribution in [0, 0.1) is 0 Å². The van der Waals surface area contributed by atoms with E-state index in [1.165, 1.54) is 11.2 Å². The van der Waals surface area contributed by atoms with Crippen molar-refractivity contribution in [2.45, 2.75) is 12.1 Å². The molecule has 1 aliphatic rings. The highest BCUT2D eigenvalue weighted by Crippen LogP contribution is 2.39. The van der Waals surface area contributed by atoms with E-state index in [0.717, 1.165) is 6.29 Å². The molecule has 96 valence electrons. The van der Waals surface area contributed by atoms with E-state index < -0.39 is 12.1 Å². The second kappa shape index (κ2) is 4.37. The number of β-lactam (4-membered cyclic amide) rings is 1. The minimum atomic E-state index is -1.09. The fourth-order valence-corrected chi connectivity index (χ4v) is 2.22. The highest BCUT2D eigenvalue weighted by molar-refractivity contribution is 6.04. The summed E-state index contributed by atoms with van der Waals surface area (Å²) in [5.74, 6) is 0.159. The highest BCUT2D eigenvalue weighted by Gasteiger charge is 2.49. The van der Waals surface area contributed by atoms with Crippen molar-refractivity contribution in [2.75, 3.05) is 4.90 Å². The van der Waals surface area contributed by atoms with Crippen LogP contribution < -0.4 is 4.90 Å². The number of benzene rings is 1. The molecule has 1 saturated heterocycles. The topological polar surface area (TPSA) is 70.8 Å². The summed E-state index contributed by atoms with van der Waals surface area (Å²) in [6.07, 6.45) is 1.15. The Bertz CT molecular complexity index is 603. The van der Waals surface area contributed by atoms with Gasteiger partial charge < -0.3 is 9.52 Å². The van der Waals surface area contributed by atoms with E-state index in [0.29, 0.717) is 17.0 Å². The number of anilines is 1. The highest BCUT2D eigenvalue weighted by atomic mass is 16.3. The number of aliphatic hydroxyl groups is 1. The number of amides is 1. The molecular formula is C14H11NO4. The van der Waals surface area contributed by atoms with Crippen molar-refractivity contribution < 1.29 is 19.1 Å². The lowest BCUT2D eigenvalue weighted by molar-refractivity contribution is -0.137. The molecule has 0 saturated carbocycles. The van der Waals surface area contributed by atoms with Crippen LogP contribution in [0.2, 0.25) is 0 Å². The van der Waals surface area contributed by atoms with Crippen LogP contribution in [-0.4, -0.2) is 23.4 Å². The van der Waals surface area contributed by atoms with Crippen molar-refractivity contribution in [3.8, 4) is 0 Å². The Balaban J connectivity index is 1.93. The van der Waals surface area contributed by atoms with Gasteiger partial charge in [0.05, 0.1) is 6.26 Å². The summed E-state index contributed by atoms with van der Waals surface area (Å²) in [5, 5.41) is 9.77. The molecule has 1 fully saturated rings. The van der Waals surface area contributed by atoms with Crippen LogP contribution in [0.1, 0.15) is 22.2 Å². The van der Waals surface area contributed by atoms with Crippen molar-refractivity contribution in [1.82, 2.24) is 0 Å². The minimum absolute atomic E-state index is 0.375. The molecular weight excluding hydrogens is 246 g/mol. The summed E-state index contributed by atoms with van der Waals surface area (Å²) in [4.78, 5) is 23.8. The van der Waals surface area contributed by atoms with Gasteiger partial charge >= 0.3 is 0 Å². The van der Waals surface area contributed by atoms with Crippen LogP contribution >= 0.6 is 0 Å². The maximum Gasteiger partial charge on any atom is 0.259 e. The van der Waals surface area contributed by atoms with Crippen LogP contribution in [0.15, 0.2) is 47.1 Å². The Labute approximate surface area is 109 Å². The molecule has 1 aromatic carbocycles. The maximum absolute atomic E-state index is 11.8. The quantitative estimate of drug-likeness (QED) is 0.668. The van der Waals surface area contributed by atoms with Crippen LogP contribution in [0.5, 0.6) is 0 Å². The average Bonchev–Trinajstić information content (AvgIpc) is 2.97. The van der Waals surface area contributed by atoms with Gasteiger partial charge in [-0.1, -0.05) is 0 Å². The third-order valence-corrected chi connectivity index (χ3v) is 3.21. The zero-order valence-corrected chi connectivity index (χ0v) is 9.89. The van der Waals surface area contributed by atoms with E-state index in [-0.39, 0.29) is 5.91 Å². The SMILES string of the molecule is O=Cc1ccc(N2C(=O)[C@H](O)[C@@H]2c2ccco2)cc1. The first-order valence-corrected chi connectivity index (χ1v) is 5.82. The Hall–Kier alpha value is -2.40. The van der Waals surface area contributed by atoms with Gasteiger partial charge in [-0.25, -0.2) is 0 Å². The van der Waals surface area contributed by atoms with Crippen molar-refractivity contribution in [3.63, 3.8) is 0 Å². The largest absolute Gasteiger partial charge is 0.467 e. The second-order valence-corrected chi connectivity index (χ2v) is 4.32. The van der Waals surface area contributed by atoms with Crippen LogP contribution in [0.25, 0.3) is 0 Å². The van der Waals surface area contributed by atoms with Crippen LogP contribution in [0.3, 0.4) is 0 Å². The predicted octanol–water partition coefficient (Wildman–Crippen LogP) is 1.54. The zero-order chi connectivity index (χ0) is 13.4. The van der Waals surface area contributed by atoms with Crippen LogP contribution in [0.4, 0.5) is 5.69 Å². The predicted molar refractivity (Wildman–Crippen MR) is 66.8 cm³/mol. The van der Waals surface area contributed by atoms with E-state index >= 15 is 0 Å². The third kappa shape index (κ3) is 1.75. The summed E-state index contributed by atoms with van der Waals surface area (Å²) >= 11 is 0. The molecule has 1 aliphatic heterocycles. The molecule has 5 nitrogen and oxygen atoms in total. The van der Waals surface area contributed by atoms with Crippen LogP contribution in [-0.2, 0) is 4.79 Å². The lowest BCUT2D eigenvalue weighted by atomic mass is 9.94. The fourth-order valence-electron chi connectivity index (χ4n) is 2.22. The van der Waals surface area contributed by atoms with Gasteiger partial charge in [-0.2, -0.15) is 0 Å². The average molecular weight is 257 g/mol. The number of hydrogen-bond acceptors (Lipinski definition) is 4. The Morgan fingerprint density at radius 1 is 1.21 bits per heavy atom. The maximum atomic E-state index is 11.8. The summed E-state index contributed by atoms with van der Waals surface area (Å²) < 4.78 is 5.24. The Morgan fingerprint density at radius 2 is 1.95 bits per heavy atom. The molecule has 2 aromatic rings. The minimum Gasteiger partial charge on any atom is -0.467 e. The van der Waals surface area contributed by atoms with Gasteiger partial charge in [0.2, 0.25) is 0 Å². The summed E-state index contributed by atoms with van der Waals surface area (Å²) in [7, 11) is 0. The standard InChI is InChI=1S/C14H11NO4/c16-8-9-3-5-10(6-4-9)15-12(13(17)14(15)18)11-2-1-7-19-11/h1-8,12-13,17H/t12-,13+/m0/s1. The number of carbonyl (C=O) groups is 2. The Kier molecular flexibility index (Phi) is 2.68. The summed E-state index contributed by atoms with van der Waals surface area (Å²) in [6.45, 7) is 0. The molecule has 19 heavy (non-hydrogen) atoms. The van der Waals surface area contributed by atoms with Gasteiger partial charge in [-0.05, 0) is 36.4 Å². The van der Waals surface area contributed by atoms with Crippen molar-refractivity contribution in [1.29, 1.82) is 0 Å². The number of aliphatic hydroxyl groups excluding tert-OH is 1. The molecule has 2 atom stereocenters. The lowest BCUT2D eigenvalue weighted by Crippen LogP contribution is -2.59. The summed E-state index contributed by atoms with van der Waals surface area (Å²) in [5.41, 5.74) is 1.16. The van der Waals surface area contributed by atoms with E-state index in [1.54, 1.807) is 36.4 Å². The number of aldehydes is 1. The molecule has 0 bridgehead atoms. The molecule has 2 heterocycles. The van der Waals surface area contributed by atoms with Gasteiger partial charge in [0, 0.05) is 11.3 Å². The van der Waals surface area contributed by atoms with Gasteiger partial charge in [-0.15, -0.1) is 0 Å². The molecule has 0 aliphatic carbocycles. The van der Waals surface area contributed by atoms with Crippen molar-refractivity contribution in [2.24, 2.45) is 0 Å². The fraction of sp³-hybridized carbons (Fsp3) is 0.143. The monoisotopic (exact) mass is 257 g/mol. The number of rotatable bonds is 3. The number of hydrogen-bond donors (Lipinski definition) is 1. The molecule has 3 rings (SSSR count). The molecule has 5 heteroatoms. The molecule has 0 unspecified atom stereocenters. The van der Waals surface area contributed by atoms with E-state index in [1.807, 2.05) is 0 Å². The van der Waals surface area contributed by atoms with Gasteiger partial charge in [0.15, 0.2) is 6.10 Å². The third-order valence-electron chi connectivity index (χ3n) is 3.21. The summed E-state index contributed by atoms with van der Waals surface area (Å²) in [6, 6.07) is 9.50. The van der Waals surface area contributed by atoms with Crippen molar-refractivity contribution >= 4 is 17.9 Å². The molecule has 0 radical (unpaired) electrons. The van der Waals surface area contributed by atoms with Gasteiger partial charge in [-0.3, -0.25) is 14.5 Å². The van der Waals surface area contributed by atoms with Gasteiger partial charge in [0.25, 0.3) is 5.91 Å². The van der Waals surface area contributed by atoms with E-state index in [2.05, 4.69) is 0 Å². The molecule has 1 amide bonds. The number of nitrogens with zero attached hydrogens (tertiary/aromatic N) is 1. The first-order chi connectivity index (χ1) is 9.22. The Morgan fingerprint density at radius 3 is 2.53 bits per heavy atom. The first kappa shape index (κ1) is 11.7. The van der Waals surface area contributed by atoms with Crippen molar-refractivity contribution in [3.05, 3.63) is 54.0 Å². The smallest absolute Gasteiger partial charge is 0.259 e. The zero-order valence-electron chi connectivity index (χ0n) is 9.89. The number of carbonyl (C=O) groups excluding carboxylic acids is 2. The lowest BCUT2D eigenvalue weighted by Gasteiger charge is -2.43. The van der Waals surface area contributed by atoms with E-state index in [9.17, 15) is 14.7 Å². The second-order valence-electron chi connectivity index (χ2n) is 4.32.